The van der Waals surface area contributed by atoms with Crippen LogP contribution in [-0.2, 0) is 18.5 Å². The minimum atomic E-state index is -3.20. The van der Waals surface area contributed by atoms with Gasteiger partial charge in [0.15, 0.2) is 6.35 Å². The number of hydrogen-bond acceptors (Lipinski definition) is 6. The first-order chi connectivity index (χ1) is 8.56. The summed E-state index contributed by atoms with van der Waals surface area (Å²) in [7, 11) is -0.528. The van der Waals surface area contributed by atoms with Gasteiger partial charge in [0.2, 0.25) is 0 Å². The maximum atomic E-state index is 12.0. The van der Waals surface area contributed by atoms with Crippen molar-refractivity contribution in [3.8, 4) is 0 Å². The maximum Gasteiger partial charge on any atom is 0.357 e. The van der Waals surface area contributed by atoms with Crippen molar-refractivity contribution >= 4 is 7.60 Å². The zero-order valence-electron chi connectivity index (χ0n) is 12.7. The molecule has 0 aromatic carbocycles. The summed E-state index contributed by atoms with van der Waals surface area (Å²) in [6.45, 7) is 7.95. The van der Waals surface area contributed by atoms with E-state index in [-0.39, 0.29) is 23.5 Å². The third kappa shape index (κ3) is 4.00. The normalized spacial score (nSPS) is 24.6. The Balaban J connectivity index is 2.82. The lowest BCUT2D eigenvalue weighted by Crippen LogP contribution is -2.61. The zero-order valence-corrected chi connectivity index (χ0v) is 13.6. The Labute approximate surface area is 115 Å². The molecule has 6 nitrogen and oxygen atoms in total. The summed E-state index contributed by atoms with van der Waals surface area (Å²) < 4.78 is 21.8. The minimum Gasteiger partial charge on any atom is -0.393 e. The number of aliphatic hydroxyl groups excluding tert-OH is 1. The first-order valence-electron chi connectivity index (χ1n) is 6.38. The van der Waals surface area contributed by atoms with Gasteiger partial charge in [-0.1, -0.05) is 0 Å². The van der Waals surface area contributed by atoms with Crippen LogP contribution in [-0.4, -0.2) is 47.9 Å². The molecule has 0 radical (unpaired) electrons. The number of hydroxylamine groups is 2. The van der Waals surface area contributed by atoms with Crippen molar-refractivity contribution in [2.45, 2.75) is 57.7 Å². The van der Waals surface area contributed by atoms with Gasteiger partial charge in [-0.2, -0.15) is 5.06 Å². The van der Waals surface area contributed by atoms with Crippen molar-refractivity contribution in [2.24, 2.45) is 0 Å². The molecule has 1 saturated heterocycles. The van der Waals surface area contributed by atoms with E-state index in [1.807, 2.05) is 27.7 Å². The quantitative estimate of drug-likeness (QED) is 0.785. The lowest BCUT2D eigenvalue weighted by atomic mass is 9.80. The standard InChI is InChI=1S/C12H26NO5P/c1-11(2)7-10(14)8-12(3,4)13(11)18-9-19(15,16-5)17-6/h10,14H,7-9H2,1-6H3. The van der Waals surface area contributed by atoms with Gasteiger partial charge in [0.05, 0.1) is 6.10 Å². The Morgan fingerprint density at radius 1 is 1.16 bits per heavy atom. The molecule has 0 aromatic rings. The molecular weight excluding hydrogens is 269 g/mol. The van der Waals surface area contributed by atoms with Crippen LogP contribution in [0.25, 0.3) is 0 Å². The molecule has 0 spiro atoms. The molecule has 1 fully saturated rings. The van der Waals surface area contributed by atoms with Crippen LogP contribution < -0.4 is 0 Å². The fourth-order valence-corrected chi connectivity index (χ4v) is 3.49. The van der Waals surface area contributed by atoms with Crippen LogP contribution in [0.1, 0.15) is 40.5 Å². The van der Waals surface area contributed by atoms with Crippen molar-refractivity contribution in [2.75, 3.05) is 20.6 Å². The molecule has 0 amide bonds. The summed E-state index contributed by atoms with van der Waals surface area (Å²) in [4.78, 5) is 5.72. The number of hydrogen-bond donors (Lipinski definition) is 1. The molecule has 0 atom stereocenters. The largest absolute Gasteiger partial charge is 0.393 e. The van der Waals surface area contributed by atoms with Gasteiger partial charge in [-0.05, 0) is 40.5 Å². The molecular formula is C12H26NO5P. The number of nitrogens with zero attached hydrogens (tertiary/aromatic N) is 1. The summed E-state index contributed by atoms with van der Waals surface area (Å²) in [6.07, 6.45) is 0.700. The Morgan fingerprint density at radius 3 is 1.95 bits per heavy atom. The highest BCUT2D eigenvalue weighted by Crippen LogP contribution is 2.48. The fourth-order valence-electron chi connectivity index (χ4n) is 2.87. The van der Waals surface area contributed by atoms with Crippen molar-refractivity contribution in [3.63, 3.8) is 0 Å². The van der Waals surface area contributed by atoms with Crippen molar-refractivity contribution in [1.82, 2.24) is 5.06 Å². The number of piperidine rings is 1. The van der Waals surface area contributed by atoms with E-state index in [1.165, 1.54) is 14.2 Å². The van der Waals surface area contributed by atoms with Crippen LogP contribution in [0.2, 0.25) is 0 Å². The predicted molar refractivity (Wildman–Crippen MR) is 72.8 cm³/mol. The second-order valence-corrected chi connectivity index (χ2v) is 8.43. The van der Waals surface area contributed by atoms with E-state index in [2.05, 4.69) is 0 Å². The smallest absolute Gasteiger partial charge is 0.357 e. The van der Waals surface area contributed by atoms with Crippen LogP contribution in [0.4, 0.5) is 0 Å². The molecule has 0 bridgehead atoms. The monoisotopic (exact) mass is 295 g/mol. The van der Waals surface area contributed by atoms with Gasteiger partial charge >= 0.3 is 7.60 Å². The zero-order chi connectivity index (χ0) is 14.9. The van der Waals surface area contributed by atoms with E-state index >= 15 is 0 Å². The molecule has 0 aromatic heterocycles. The number of aliphatic hydroxyl groups is 1. The molecule has 19 heavy (non-hydrogen) atoms. The Morgan fingerprint density at radius 2 is 1.58 bits per heavy atom. The molecule has 0 saturated carbocycles. The summed E-state index contributed by atoms with van der Waals surface area (Å²) in [5, 5.41) is 11.7. The Hall–Kier alpha value is 0.0300. The molecule has 1 aliphatic rings. The highest BCUT2D eigenvalue weighted by atomic mass is 31.2. The van der Waals surface area contributed by atoms with Crippen molar-refractivity contribution in [3.05, 3.63) is 0 Å². The van der Waals surface area contributed by atoms with Gasteiger partial charge in [0.25, 0.3) is 0 Å². The lowest BCUT2D eigenvalue weighted by Gasteiger charge is -2.52. The SMILES string of the molecule is COP(=O)(CON1C(C)(C)CC(O)CC1(C)C)OC. The van der Waals surface area contributed by atoms with Crippen LogP contribution in [0, 0.1) is 0 Å². The molecule has 1 heterocycles. The third-order valence-electron chi connectivity index (χ3n) is 3.47. The molecule has 114 valence electrons. The van der Waals surface area contributed by atoms with Gasteiger partial charge in [0, 0.05) is 25.3 Å². The van der Waals surface area contributed by atoms with Crippen molar-refractivity contribution < 1.29 is 23.6 Å². The minimum absolute atomic E-state index is 0.136. The van der Waals surface area contributed by atoms with Gasteiger partial charge in [-0.3, -0.25) is 9.40 Å². The van der Waals surface area contributed by atoms with Crippen molar-refractivity contribution in [1.29, 1.82) is 0 Å². The van der Waals surface area contributed by atoms with Gasteiger partial charge in [-0.25, -0.2) is 0 Å². The first-order valence-corrected chi connectivity index (χ1v) is 8.11. The first kappa shape index (κ1) is 17.1. The third-order valence-corrected chi connectivity index (χ3v) is 5.02. The van der Waals surface area contributed by atoms with E-state index in [4.69, 9.17) is 13.9 Å². The fraction of sp³-hybridized carbons (Fsp3) is 1.00. The average molecular weight is 295 g/mol. The average Bonchev–Trinajstić information content (AvgIpc) is 2.24. The maximum absolute atomic E-state index is 12.0. The number of rotatable bonds is 5. The Kier molecular flexibility index (Phi) is 5.21. The van der Waals surface area contributed by atoms with Crippen LogP contribution in [0.3, 0.4) is 0 Å². The Bertz CT molecular complexity index is 332. The molecule has 1 rings (SSSR count). The van der Waals surface area contributed by atoms with Crippen LogP contribution >= 0.6 is 7.60 Å². The summed E-state index contributed by atoms with van der Waals surface area (Å²) in [5.41, 5.74) is -0.707. The second kappa shape index (κ2) is 5.80. The summed E-state index contributed by atoms with van der Waals surface area (Å²) in [6, 6.07) is 0. The molecule has 0 aliphatic carbocycles. The van der Waals surface area contributed by atoms with Gasteiger partial charge < -0.3 is 14.2 Å². The van der Waals surface area contributed by atoms with E-state index in [0.29, 0.717) is 12.8 Å². The van der Waals surface area contributed by atoms with Gasteiger partial charge in [-0.15, -0.1) is 0 Å². The topological polar surface area (TPSA) is 68.2 Å². The van der Waals surface area contributed by atoms with Crippen LogP contribution in [0.5, 0.6) is 0 Å². The molecule has 1 aliphatic heterocycles. The molecule has 0 unspecified atom stereocenters. The molecule has 7 heteroatoms. The summed E-state index contributed by atoms with van der Waals surface area (Å²) in [5.74, 6) is 0. The van der Waals surface area contributed by atoms with Crippen LogP contribution in [0.15, 0.2) is 0 Å². The highest BCUT2D eigenvalue weighted by Gasteiger charge is 2.47. The summed E-state index contributed by atoms with van der Waals surface area (Å²) >= 11 is 0. The van der Waals surface area contributed by atoms with E-state index in [9.17, 15) is 9.67 Å². The highest BCUT2D eigenvalue weighted by molar-refractivity contribution is 7.53. The van der Waals surface area contributed by atoms with E-state index in [1.54, 1.807) is 5.06 Å². The second-order valence-electron chi connectivity index (χ2n) is 6.22. The molecule has 1 N–H and O–H groups in total. The lowest BCUT2D eigenvalue weighted by molar-refractivity contribution is -0.283. The predicted octanol–water partition coefficient (Wildman–Crippen LogP) is 2.38. The van der Waals surface area contributed by atoms with Gasteiger partial charge in [0.1, 0.15) is 0 Å². The van der Waals surface area contributed by atoms with E-state index in [0.717, 1.165) is 0 Å². The van der Waals surface area contributed by atoms with E-state index < -0.39 is 7.60 Å².